The number of anilines is 2. The number of carbonyl (C=O) groups excluding carboxylic acids is 1. The van der Waals surface area contributed by atoms with Gasteiger partial charge in [0.2, 0.25) is 5.95 Å². The van der Waals surface area contributed by atoms with E-state index in [-0.39, 0.29) is 17.7 Å². The topological polar surface area (TPSA) is 84.1 Å². The van der Waals surface area contributed by atoms with Gasteiger partial charge in [0.05, 0.1) is 17.9 Å². The highest BCUT2D eigenvalue weighted by molar-refractivity contribution is 5.89. The van der Waals surface area contributed by atoms with E-state index in [0.717, 1.165) is 11.3 Å². The second-order valence-corrected chi connectivity index (χ2v) is 4.78. The summed E-state index contributed by atoms with van der Waals surface area (Å²) in [4.78, 5) is 21.8. The number of rotatable bonds is 1. The van der Waals surface area contributed by atoms with E-state index < -0.39 is 5.82 Å². The first-order valence-electron chi connectivity index (χ1n) is 6.54. The number of para-hydroxylation sites is 1. The molecule has 3 rings (SSSR count). The van der Waals surface area contributed by atoms with E-state index in [1.54, 1.807) is 23.2 Å². The van der Waals surface area contributed by atoms with Gasteiger partial charge >= 0.3 is 6.03 Å². The Hall–Kier alpha value is -2.70. The van der Waals surface area contributed by atoms with Crippen LogP contribution in [-0.2, 0) is 13.0 Å². The lowest BCUT2D eigenvalue weighted by Crippen LogP contribution is -2.39. The number of carbonyl (C=O) groups is 1. The van der Waals surface area contributed by atoms with Gasteiger partial charge < -0.3 is 16.0 Å². The van der Waals surface area contributed by atoms with Crippen molar-refractivity contribution in [2.45, 2.75) is 13.0 Å². The highest BCUT2D eigenvalue weighted by Gasteiger charge is 2.22. The molecule has 0 fully saturated rings. The first-order valence-corrected chi connectivity index (χ1v) is 6.54. The Morgan fingerprint density at radius 1 is 1.38 bits per heavy atom. The zero-order chi connectivity index (χ0) is 14.8. The number of nitrogen functional groups attached to an aromatic ring is 1. The Morgan fingerprint density at radius 2 is 2.19 bits per heavy atom. The Balaban J connectivity index is 1.74. The van der Waals surface area contributed by atoms with Gasteiger partial charge in [-0.25, -0.2) is 19.2 Å². The van der Waals surface area contributed by atoms with Crippen LogP contribution in [0.25, 0.3) is 0 Å². The van der Waals surface area contributed by atoms with Crippen LogP contribution in [0, 0.1) is 5.82 Å². The monoisotopic (exact) mass is 287 g/mol. The summed E-state index contributed by atoms with van der Waals surface area (Å²) in [5, 5.41) is 2.56. The second kappa shape index (κ2) is 5.35. The molecule has 0 saturated carbocycles. The predicted molar refractivity (Wildman–Crippen MR) is 76.0 cm³/mol. The Bertz CT molecular complexity index is 691. The summed E-state index contributed by atoms with van der Waals surface area (Å²) in [6.07, 6.45) is 2.34. The summed E-state index contributed by atoms with van der Waals surface area (Å²) in [5.41, 5.74) is 7.44. The van der Waals surface area contributed by atoms with E-state index in [1.807, 2.05) is 0 Å². The van der Waals surface area contributed by atoms with Gasteiger partial charge in [-0.15, -0.1) is 0 Å². The van der Waals surface area contributed by atoms with Gasteiger partial charge in [-0.3, -0.25) is 0 Å². The number of nitrogens with zero attached hydrogens (tertiary/aromatic N) is 3. The summed E-state index contributed by atoms with van der Waals surface area (Å²) in [7, 11) is 0. The molecule has 7 heteroatoms. The molecule has 0 bridgehead atoms. The number of halogens is 1. The minimum atomic E-state index is -0.463. The third kappa shape index (κ3) is 2.76. The lowest BCUT2D eigenvalue weighted by atomic mass is 10.1. The number of fused-ring (bicyclic) bond motifs is 1. The maximum atomic E-state index is 13.5. The molecule has 0 saturated heterocycles. The number of aromatic nitrogens is 2. The third-order valence-corrected chi connectivity index (χ3v) is 3.37. The summed E-state index contributed by atoms with van der Waals surface area (Å²) in [6, 6.07) is 5.70. The van der Waals surface area contributed by atoms with E-state index in [4.69, 9.17) is 5.73 Å². The number of hydrogen-bond donors (Lipinski definition) is 2. The first-order chi connectivity index (χ1) is 10.1. The van der Waals surface area contributed by atoms with Crippen LogP contribution in [0.2, 0.25) is 0 Å². The van der Waals surface area contributed by atoms with Crippen LogP contribution < -0.4 is 11.1 Å². The minimum Gasteiger partial charge on any atom is -0.368 e. The molecule has 2 amide bonds. The highest BCUT2D eigenvalue weighted by Crippen LogP contribution is 2.19. The van der Waals surface area contributed by atoms with E-state index in [0.29, 0.717) is 19.5 Å². The molecule has 1 aromatic carbocycles. The van der Waals surface area contributed by atoms with Crippen molar-refractivity contribution in [1.29, 1.82) is 0 Å². The summed E-state index contributed by atoms with van der Waals surface area (Å²) in [5.74, 6) is -0.278. The average Bonchev–Trinajstić information content (AvgIpc) is 2.48. The lowest BCUT2D eigenvalue weighted by molar-refractivity contribution is 0.205. The molecule has 108 valence electrons. The van der Waals surface area contributed by atoms with Gasteiger partial charge in [0.15, 0.2) is 0 Å². The molecule has 1 aliphatic rings. The fraction of sp³-hybridized carbons (Fsp3) is 0.214. The molecular formula is C14H14FN5O. The summed E-state index contributed by atoms with van der Waals surface area (Å²) >= 11 is 0. The van der Waals surface area contributed by atoms with Crippen molar-refractivity contribution in [3.8, 4) is 0 Å². The van der Waals surface area contributed by atoms with Gasteiger partial charge in [0.25, 0.3) is 0 Å². The van der Waals surface area contributed by atoms with Crippen LogP contribution in [0.4, 0.5) is 20.8 Å². The van der Waals surface area contributed by atoms with E-state index in [2.05, 4.69) is 15.3 Å². The largest absolute Gasteiger partial charge is 0.368 e. The van der Waals surface area contributed by atoms with Crippen molar-refractivity contribution < 1.29 is 9.18 Å². The molecule has 0 radical (unpaired) electrons. The van der Waals surface area contributed by atoms with Gasteiger partial charge in [0, 0.05) is 12.7 Å². The van der Waals surface area contributed by atoms with Crippen LogP contribution in [0.15, 0.2) is 30.5 Å². The fourth-order valence-electron chi connectivity index (χ4n) is 2.25. The highest BCUT2D eigenvalue weighted by atomic mass is 19.1. The average molecular weight is 287 g/mol. The van der Waals surface area contributed by atoms with Gasteiger partial charge in [-0.2, -0.15) is 0 Å². The molecule has 6 nitrogen and oxygen atoms in total. The minimum absolute atomic E-state index is 0.162. The Morgan fingerprint density at radius 3 is 3.00 bits per heavy atom. The van der Waals surface area contributed by atoms with Crippen molar-refractivity contribution in [3.05, 3.63) is 47.5 Å². The molecule has 3 N–H and O–H groups in total. The van der Waals surface area contributed by atoms with Crippen molar-refractivity contribution in [2.75, 3.05) is 17.6 Å². The lowest BCUT2D eigenvalue weighted by Gasteiger charge is -2.28. The SMILES string of the molecule is Nc1ncc2c(n1)CN(C(=O)Nc1ccccc1F)CC2. The van der Waals surface area contributed by atoms with Crippen molar-refractivity contribution in [1.82, 2.24) is 14.9 Å². The smallest absolute Gasteiger partial charge is 0.322 e. The molecule has 0 atom stereocenters. The maximum absolute atomic E-state index is 13.5. The first kappa shape index (κ1) is 13.3. The Kier molecular flexibility index (Phi) is 3.39. The van der Waals surface area contributed by atoms with Gasteiger partial charge in [-0.1, -0.05) is 12.1 Å². The number of amides is 2. The molecule has 0 unspecified atom stereocenters. The van der Waals surface area contributed by atoms with Crippen LogP contribution in [0.5, 0.6) is 0 Å². The molecule has 2 heterocycles. The van der Waals surface area contributed by atoms with Crippen LogP contribution in [0.1, 0.15) is 11.3 Å². The van der Waals surface area contributed by atoms with Crippen molar-refractivity contribution >= 4 is 17.7 Å². The quantitative estimate of drug-likeness (QED) is 0.837. The number of benzene rings is 1. The van der Waals surface area contributed by atoms with E-state index in [1.165, 1.54) is 12.1 Å². The third-order valence-electron chi connectivity index (χ3n) is 3.37. The number of hydrogen-bond acceptors (Lipinski definition) is 4. The molecule has 21 heavy (non-hydrogen) atoms. The van der Waals surface area contributed by atoms with Crippen LogP contribution in [-0.4, -0.2) is 27.4 Å². The second-order valence-electron chi connectivity index (χ2n) is 4.78. The number of urea groups is 1. The maximum Gasteiger partial charge on any atom is 0.322 e. The van der Waals surface area contributed by atoms with Crippen molar-refractivity contribution in [2.24, 2.45) is 0 Å². The zero-order valence-electron chi connectivity index (χ0n) is 11.2. The summed E-state index contributed by atoms with van der Waals surface area (Å²) in [6.45, 7) is 0.864. The van der Waals surface area contributed by atoms with Crippen LogP contribution >= 0.6 is 0 Å². The van der Waals surface area contributed by atoms with Gasteiger partial charge in [0.1, 0.15) is 5.82 Å². The molecule has 2 aromatic rings. The molecular weight excluding hydrogens is 273 g/mol. The number of nitrogens with one attached hydrogen (secondary N) is 1. The molecule has 0 aliphatic carbocycles. The fourth-order valence-corrected chi connectivity index (χ4v) is 2.25. The normalized spacial score (nSPS) is 13.7. The molecule has 1 aromatic heterocycles. The number of nitrogens with two attached hydrogens (primary N) is 1. The van der Waals surface area contributed by atoms with Gasteiger partial charge in [-0.05, 0) is 24.1 Å². The van der Waals surface area contributed by atoms with E-state index in [9.17, 15) is 9.18 Å². The Labute approximate surface area is 120 Å². The van der Waals surface area contributed by atoms with Crippen LogP contribution in [0.3, 0.4) is 0 Å². The molecule has 0 spiro atoms. The summed E-state index contributed by atoms with van der Waals surface area (Å²) < 4.78 is 13.5. The molecule has 1 aliphatic heterocycles. The van der Waals surface area contributed by atoms with E-state index >= 15 is 0 Å². The van der Waals surface area contributed by atoms with Crippen molar-refractivity contribution in [3.63, 3.8) is 0 Å². The zero-order valence-corrected chi connectivity index (χ0v) is 11.2. The predicted octanol–water partition coefficient (Wildman–Crippen LogP) is 1.79. The standard InChI is InChI=1S/C14H14FN5O/c15-10-3-1-2-4-11(10)19-14(21)20-6-5-9-7-17-13(16)18-12(9)8-20/h1-4,7H,5-6,8H2,(H,19,21)(H2,16,17,18).